The molecular weight excluding hydrogens is 250 g/mol. The smallest absolute Gasteiger partial charge is 0.258 e. The fraction of sp³-hybridized carbons (Fsp3) is 0.625. The molecule has 1 aliphatic rings. The highest BCUT2D eigenvalue weighted by Gasteiger charge is 2.30. The maximum absolute atomic E-state index is 12.9. The van der Waals surface area contributed by atoms with E-state index in [1.807, 2.05) is 24.8 Å². The number of nitrogens with zero attached hydrogens (tertiary/aromatic N) is 2. The third kappa shape index (κ3) is 2.94. The molecule has 0 unspecified atom stereocenters. The van der Waals surface area contributed by atoms with E-state index in [-0.39, 0.29) is 5.91 Å². The van der Waals surface area contributed by atoms with Gasteiger partial charge in [-0.2, -0.15) is 0 Å². The highest BCUT2D eigenvalue weighted by atomic mass is 16.2. The lowest BCUT2D eigenvalue weighted by Gasteiger charge is -2.39. The number of aromatic nitrogens is 1. The Hall–Kier alpha value is -1.58. The first kappa shape index (κ1) is 14.8. The number of amides is 1. The van der Waals surface area contributed by atoms with Crippen LogP contribution in [0.4, 0.5) is 5.69 Å². The molecule has 2 rings (SSSR count). The van der Waals surface area contributed by atoms with Crippen molar-refractivity contribution in [2.45, 2.75) is 59.0 Å². The number of piperidine rings is 1. The third-order valence-corrected chi connectivity index (χ3v) is 4.07. The minimum absolute atomic E-state index is 0.105. The maximum Gasteiger partial charge on any atom is 0.258 e. The van der Waals surface area contributed by atoms with Crippen molar-refractivity contribution in [3.05, 3.63) is 23.5 Å². The zero-order valence-electron chi connectivity index (χ0n) is 12.9. The Morgan fingerprint density at radius 3 is 2.65 bits per heavy atom. The molecule has 2 heterocycles. The van der Waals surface area contributed by atoms with Crippen LogP contribution in [0.3, 0.4) is 0 Å². The third-order valence-electron chi connectivity index (χ3n) is 4.07. The van der Waals surface area contributed by atoms with Crippen LogP contribution in [0.5, 0.6) is 0 Å². The largest absolute Gasteiger partial charge is 0.385 e. The van der Waals surface area contributed by atoms with Gasteiger partial charge in [0.1, 0.15) is 0 Å². The SMILES string of the molecule is CCNc1cc(C)ncc1C(=O)N1[C@H](C)CCC[C@@H]1C. The zero-order chi connectivity index (χ0) is 14.7. The topological polar surface area (TPSA) is 45.2 Å². The number of nitrogens with one attached hydrogen (secondary N) is 1. The molecule has 1 aliphatic heterocycles. The normalized spacial score (nSPS) is 22.7. The van der Waals surface area contributed by atoms with E-state index in [4.69, 9.17) is 0 Å². The Bertz CT molecular complexity index is 477. The van der Waals surface area contributed by atoms with Crippen LogP contribution in [0.25, 0.3) is 0 Å². The van der Waals surface area contributed by atoms with Crippen molar-refractivity contribution in [3.63, 3.8) is 0 Å². The molecule has 4 nitrogen and oxygen atoms in total. The average Bonchev–Trinajstić information content (AvgIpc) is 2.39. The monoisotopic (exact) mass is 275 g/mol. The van der Waals surface area contributed by atoms with E-state index in [9.17, 15) is 4.79 Å². The first-order valence-electron chi connectivity index (χ1n) is 7.57. The lowest BCUT2D eigenvalue weighted by Crippen LogP contribution is -2.47. The van der Waals surface area contributed by atoms with Gasteiger partial charge in [-0.15, -0.1) is 0 Å². The summed E-state index contributed by atoms with van der Waals surface area (Å²) in [6.07, 6.45) is 5.10. The van der Waals surface area contributed by atoms with Crippen molar-refractivity contribution in [2.24, 2.45) is 0 Å². The zero-order valence-corrected chi connectivity index (χ0v) is 12.9. The summed E-state index contributed by atoms with van der Waals surface area (Å²) >= 11 is 0. The van der Waals surface area contributed by atoms with Crippen LogP contribution in [0.15, 0.2) is 12.3 Å². The Balaban J connectivity index is 2.32. The van der Waals surface area contributed by atoms with Crippen molar-refractivity contribution in [1.82, 2.24) is 9.88 Å². The second kappa shape index (κ2) is 6.25. The van der Waals surface area contributed by atoms with Crippen molar-refractivity contribution in [1.29, 1.82) is 0 Å². The molecule has 0 aromatic carbocycles. The fourth-order valence-electron chi connectivity index (χ4n) is 3.03. The number of likely N-dealkylation sites (tertiary alicyclic amines) is 1. The van der Waals surface area contributed by atoms with Gasteiger partial charge < -0.3 is 10.2 Å². The molecule has 1 aromatic heterocycles. The van der Waals surface area contributed by atoms with Gasteiger partial charge in [0.15, 0.2) is 0 Å². The first-order chi connectivity index (χ1) is 9.54. The average molecular weight is 275 g/mol. The van der Waals surface area contributed by atoms with Gasteiger partial charge in [-0.1, -0.05) is 0 Å². The number of hydrogen-bond donors (Lipinski definition) is 1. The lowest BCUT2D eigenvalue weighted by atomic mass is 9.96. The van der Waals surface area contributed by atoms with Crippen LogP contribution in [0.1, 0.15) is 56.1 Å². The van der Waals surface area contributed by atoms with Gasteiger partial charge in [-0.05, 0) is 53.0 Å². The predicted molar refractivity (Wildman–Crippen MR) is 82.1 cm³/mol. The molecule has 4 heteroatoms. The molecule has 0 saturated carbocycles. The predicted octanol–water partition coefficient (Wildman–Crippen LogP) is 3.22. The van der Waals surface area contributed by atoms with Crippen LogP contribution < -0.4 is 5.32 Å². The molecule has 110 valence electrons. The Morgan fingerprint density at radius 1 is 1.40 bits per heavy atom. The van der Waals surface area contributed by atoms with Gasteiger partial charge >= 0.3 is 0 Å². The molecule has 1 saturated heterocycles. The summed E-state index contributed by atoms with van der Waals surface area (Å²) in [6.45, 7) is 9.07. The first-order valence-corrected chi connectivity index (χ1v) is 7.57. The van der Waals surface area contributed by atoms with Gasteiger partial charge in [0, 0.05) is 30.5 Å². The summed E-state index contributed by atoms with van der Waals surface area (Å²) in [5.74, 6) is 0.105. The number of carbonyl (C=O) groups is 1. The lowest BCUT2D eigenvalue weighted by molar-refractivity contribution is 0.0511. The van der Waals surface area contributed by atoms with Gasteiger partial charge in [-0.25, -0.2) is 0 Å². The minimum Gasteiger partial charge on any atom is -0.385 e. The highest BCUT2D eigenvalue weighted by Crippen LogP contribution is 2.27. The molecular formula is C16H25N3O. The van der Waals surface area contributed by atoms with E-state index in [2.05, 4.69) is 24.1 Å². The highest BCUT2D eigenvalue weighted by molar-refractivity contribution is 5.99. The molecule has 0 spiro atoms. The molecule has 2 atom stereocenters. The molecule has 1 N–H and O–H groups in total. The Kier molecular flexibility index (Phi) is 4.63. The van der Waals surface area contributed by atoms with Gasteiger partial charge in [0.25, 0.3) is 5.91 Å². The number of carbonyl (C=O) groups excluding carboxylic acids is 1. The summed E-state index contributed by atoms with van der Waals surface area (Å²) in [4.78, 5) is 19.2. The van der Waals surface area contributed by atoms with Crippen molar-refractivity contribution in [2.75, 3.05) is 11.9 Å². The van der Waals surface area contributed by atoms with Crippen molar-refractivity contribution >= 4 is 11.6 Å². The molecule has 20 heavy (non-hydrogen) atoms. The molecule has 0 bridgehead atoms. The quantitative estimate of drug-likeness (QED) is 0.921. The van der Waals surface area contributed by atoms with Crippen LogP contribution in [0.2, 0.25) is 0 Å². The van der Waals surface area contributed by atoms with E-state index in [0.717, 1.165) is 30.8 Å². The van der Waals surface area contributed by atoms with Gasteiger partial charge in [-0.3, -0.25) is 9.78 Å². The summed E-state index contributed by atoms with van der Waals surface area (Å²) < 4.78 is 0. The number of pyridine rings is 1. The molecule has 1 aromatic rings. The van der Waals surface area contributed by atoms with E-state index in [1.54, 1.807) is 6.20 Å². The van der Waals surface area contributed by atoms with Crippen LogP contribution >= 0.6 is 0 Å². The Labute approximate surface area is 121 Å². The summed E-state index contributed by atoms with van der Waals surface area (Å²) in [5.41, 5.74) is 2.52. The number of rotatable bonds is 3. The van der Waals surface area contributed by atoms with Crippen LogP contribution in [0, 0.1) is 6.92 Å². The Morgan fingerprint density at radius 2 is 2.05 bits per heavy atom. The van der Waals surface area contributed by atoms with E-state index >= 15 is 0 Å². The minimum atomic E-state index is 0.105. The molecule has 1 fully saturated rings. The number of hydrogen-bond acceptors (Lipinski definition) is 3. The number of aryl methyl sites for hydroxylation is 1. The fourth-order valence-corrected chi connectivity index (χ4v) is 3.03. The summed E-state index contributed by atoms with van der Waals surface area (Å²) in [5, 5.41) is 3.28. The van der Waals surface area contributed by atoms with Crippen LogP contribution in [-0.4, -0.2) is 34.4 Å². The van der Waals surface area contributed by atoms with Gasteiger partial charge in [0.05, 0.1) is 11.3 Å². The van der Waals surface area contributed by atoms with Crippen LogP contribution in [-0.2, 0) is 0 Å². The summed E-state index contributed by atoms with van der Waals surface area (Å²) in [7, 11) is 0. The second-order valence-corrected chi connectivity index (χ2v) is 5.74. The number of anilines is 1. The maximum atomic E-state index is 12.9. The molecule has 0 radical (unpaired) electrons. The standard InChI is InChI=1S/C16H25N3O/c1-5-17-15-9-11(2)18-10-14(15)16(20)19-12(3)7-6-8-13(19)4/h9-10,12-13H,5-8H2,1-4H3,(H,17,18)/t12-,13+. The summed E-state index contributed by atoms with van der Waals surface area (Å²) in [6, 6.07) is 2.57. The molecule has 0 aliphatic carbocycles. The van der Waals surface area contributed by atoms with Gasteiger partial charge in [0.2, 0.25) is 0 Å². The molecule has 1 amide bonds. The van der Waals surface area contributed by atoms with E-state index < -0.39 is 0 Å². The van der Waals surface area contributed by atoms with Crippen molar-refractivity contribution in [3.8, 4) is 0 Å². The van der Waals surface area contributed by atoms with E-state index in [0.29, 0.717) is 17.6 Å². The van der Waals surface area contributed by atoms with Crippen molar-refractivity contribution < 1.29 is 4.79 Å². The second-order valence-electron chi connectivity index (χ2n) is 5.74. The van der Waals surface area contributed by atoms with E-state index in [1.165, 1.54) is 6.42 Å².